The van der Waals surface area contributed by atoms with E-state index in [9.17, 15) is 8.42 Å². The lowest BCUT2D eigenvalue weighted by molar-refractivity contribution is 0.614. The van der Waals surface area contributed by atoms with Crippen molar-refractivity contribution in [1.29, 1.82) is 0 Å². The first kappa shape index (κ1) is 23.0. The third-order valence-corrected chi connectivity index (χ3v) is 8.51. The van der Waals surface area contributed by atoms with Crippen LogP contribution in [0.5, 0.6) is 0 Å². The highest BCUT2D eigenvalue weighted by atomic mass is 32.2. The number of hydrogen-bond donors (Lipinski definition) is 1. The van der Waals surface area contributed by atoms with Crippen LogP contribution in [0.2, 0.25) is 0 Å². The van der Waals surface area contributed by atoms with Crippen LogP contribution in [-0.2, 0) is 22.9 Å². The SMILES string of the molecule is Cc1ccc(C2=c3ccc4c(c3CCC2C)C(c2ccc(C[SH](=O)=O)cc2)C=c2ccccc2=4)cc1. The maximum Gasteiger partial charge on any atom is 0.144 e. The van der Waals surface area contributed by atoms with Crippen LogP contribution in [0.15, 0.2) is 84.9 Å². The number of fused-ring (bicyclic) bond motifs is 4. The number of thiol groups is 1. The van der Waals surface area contributed by atoms with Crippen LogP contribution in [0, 0.1) is 23.3 Å². The average molecular weight is 491 g/mol. The molecule has 0 aromatic heterocycles. The van der Waals surface area contributed by atoms with Crippen LogP contribution in [0.3, 0.4) is 0 Å². The van der Waals surface area contributed by atoms with Gasteiger partial charge in [0.2, 0.25) is 0 Å². The van der Waals surface area contributed by atoms with Crippen LogP contribution >= 0.6 is 0 Å². The molecule has 36 heavy (non-hydrogen) atoms. The van der Waals surface area contributed by atoms with Crippen LogP contribution < -0.4 is 10.4 Å². The molecule has 0 spiro atoms. The molecule has 0 aliphatic heterocycles. The van der Waals surface area contributed by atoms with Gasteiger partial charge < -0.3 is 0 Å². The topological polar surface area (TPSA) is 34.1 Å². The first-order valence-corrected chi connectivity index (χ1v) is 14.1. The van der Waals surface area contributed by atoms with Gasteiger partial charge >= 0.3 is 0 Å². The second kappa shape index (κ2) is 9.22. The maximum absolute atomic E-state index is 11.2. The van der Waals surface area contributed by atoms with Crippen molar-refractivity contribution in [2.24, 2.45) is 5.92 Å². The lowest BCUT2D eigenvalue weighted by Gasteiger charge is -2.29. The van der Waals surface area contributed by atoms with Crippen LogP contribution in [0.1, 0.15) is 52.6 Å². The van der Waals surface area contributed by atoms with Gasteiger partial charge in [-0.15, -0.1) is 0 Å². The van der Waals surface area contributed by atoms with E-state index in [-0.39, 0.29) is 11.7 Å². The van der Waals surface area contributed by atoms with Gasteiger partial charge in [0.25, 0.3) is 0 Å². The Hall–Kier alpha value is -3.43. The van der Waals surface area contributed by atoms with Gasteiger partial charge in [-0.05, 0) is 79.9 Å². The van der Waals surface area contributed by atoms with E-state index >= 15 is 0 Å². The molecule has 6 rings (SSSR count). The molecule has 2 atom stereocenters. The summed E-state index contributed by atoms with van der Waals surface area (Å²) in [5, 5.41) is 5.26. The second-order valence-corrected chi connectivity index (χ2v) is 11.2. The lowest BCUT2D eigenvalue weighted by atomic mass is 9.75. The van der Waals surface area contributed by atoms with Gasteiger partial charge in [-0.2, -0.15) is 0 Å². The fourth-order valence-corrected chi connectivity index (χ4v) is 6.62. The fourth-order valence-electron chi connectivity index (χ4n) is 6.11. The molecule has 0 radical (unpaired) electrons. The summed E-state index contributed by atoms with van der Waals surface area (Å²) in [5.41, 5.74) is 8.97. The molecule has 2 nitrogen and oxygen atoms in total. The van der Waals surface area contributed by atoms with E-state index in [0.717, 1.165) is 18.4 Å². The molecule has 0 bridgehead atoms. The molecular formula is C33H30O2S. The Morgan fingerprint density at radius 3 is 2.28 bits per heavy atom. The quantitative estimate of drug-likeness (QED) is 0.404. The van der Waals surface area contributed by atoms with Crippen LogP contribution in [-0.4, -0.2) is 8.42 Å². The van der Waals surface area contributed by atoms with Crippen molar-refractivity contribution < 1.29 is 8.42 Å². The highest BCUT2D eigenvalue weighted by molar-refractivity contribution is 7.71. The van der Waals surface area contributed by atoms with Crippen molar-refractivity contribution in [3.8, 4) is 0 Å². The van der Waals surface area contributed by atoms with Gasteiger partial charge in [0, 0.05) is 5.92 Å². The van der Waals surface area contributed by atoms with Crippen molar-refractivity contribution >= 4 is 22.4 Å². The Morgan fingerprint density at radius 1 is 0.806 bits per heavy atom. The highest BCUT2D eigenvalue weighted by Gasteiger charge is 2.26. The first-order chi connectivity index (χ1) is 17.5. The zero-order valence-electron chi connectivity index (χ0n) is 20.7. The molecule has 4 aromatic carbocycles. The lowest BCUT2D eigenvalue weighted by Crippen LogP contribution is -2.28. The predicted molar refractivity (Wildman–Crippen MR) is 148 cm³/mol. The van der Waals surface area contributed by atoms with Crippen LogP contribution in [0.25, 0.3) is 11.6 Å². The summed E-state index contributed by atoms with van der Waals surface area (Å²) in [6.07, 6.45) is 4.59. The fraction of sp³-hybridized carbons (Fsp3) is 0.212. The molecule has 0 fully saturated rings. The van der Waals surface area contributed by atoms with Crippen molar-refractivity contribution in [3.05, 3.63) is 139 Å². The molecule has 0 amide bonds. The van der Waals surface area contributed by atoms with E-state index < -0.39 is 10.7 Å². The Labute approximate surface area is 213 Å². The molecule has 2 aliphatic carbocycles. The van der Waals surface area contributed by atoms with E-state index in [1.165, 1.54) is 54.3 Å². The molecule has 2 unspecified atom stereocenters. The summed E-state index contributed by atoms with van der Waals surface area (Å²) in [6.45, 7) is 4.50. The van der Waals surface area contributed by atoms with Crippen molar-refractivity contribution in [2.75, 3.05) is 0 Å². The molecular weight excluding hydrogens is 460 g/mol. The van der Waals surface area contributed by atoms with Crippen LogP contribution in [0.4, 0.5) is 0 Å². The molecule has 0 N–H and O–H groups in total. The molecule has 0 saturated carbocycles. The summed E-state index contributed by atoms with van der Waals surface area (Å²) < 4.78 is 22.5. The summed E-state index contributed by atoms with van der Waals surface area (Å²) in [6, 6.07) is 30.5. The van der Waals surface area contributed by atoms with Gasteiger partial charge in [0.15, 0.2) is 0 Å². The smallest absolute Gasteiger partial charge is 0.144 e. The van der Waals surface area contributed by atoms with Gasteiger partial charge in [-0.25, -0.2) is 8.42 Å². The minimum atomic E-state index is -2.43. The van der Waals surface area contributed by atoms with Crippen molar-refractivity contribution in [3.63, 3.8) is 0 Å². The standard InChI is InChI=1S/C33H30O2S/c1-21-7-12-25(13-8-21)32-22(2)9-16-30-29(32)18-17-28-27-6-4-3-5-26(27)19-31(33(28)30)24-14-10-23(11-15-24)20-36(34)35/h3-8,10-15,17-19,22,31,36H,9,16,20H2,1-2H3. The molecule has 4 aromatic rings. The Kier molecular flexibility index (Phi) is 5.89. The molecule has 0 heterocycles. The second-order valence-electron chi connectivity index (χ2n) is 10.2. The number of hydrogen-bond acceptors (Lipinski definition) is 2. The van der Waals surface area contributed by atoms with E-state index in [4.69, 9.17) is 0 Å². The van der Waals surface area contributed by atoms with Crippen molar-refractivity contribution in [2.45, 2.75) is 38.4 Å². The third kappa shape index (κ3) is 4.02. The highest BCUT2D eigenvalue weighted by Crippen LogP contribution is 2.36. The number of aryl methyl sites for hydroxylation is 1. The summed E-state index contributed by atoms with van der Waals surface area (Å²) in [7, 11) is -2.43. The Morgan fingerprint density at radius 2 is 1.53 bits per heavy atom. The van der Waals surface area contributed by atoms with Crippen molar-refractivity contribution in [1.82, 2.24) is 0 Å². The van der Waals surface area contributed by atoms with E-state index in [1.54, 1.807) is 0 Å². The monoisotopic (exact) mass is 490 g/mol. The van der Waals surface area contributed by atoms with Gasteiger partial charge in [-0.3, -0.25) is 0 Å². The average Bonchev–Trinajstić information content (AvgIpc) is 2.88. The minimum absolute atomic E-state index is 0.0889. The van der Waals surface area contributed by atoms with Gasteiger partial charge in [0.1, 0.15) is 10.7 Å². The summed E-state index contributed by atoms with van der Waals surface area (Å²) >= 11 is 0. The van der Waals surface area contributed by atoms with Gasteiger partial charge in [0.05, 0.1) is 5.75 Å². The zero-order valence-corrected chi connectivity index (χ0v) is 21.6. The minimum Gasteiger partial charge on any atom is -0.232 e. The Balaban J connectivity index is 1.65. The molecule has 3 heteroatoms. The van der Waals surface area contributed by atoms with Gasteiger partial charge in [-0.1, -0.05) is 103 Å². The number of rotatable bonds is 4. The molecule has 180 valence electrons. The van der Waals surface area contributed by atoms with E-state index in [1.807, 2.05) is 12.1 Å². The molecule has 0 saturated heterocycles. The van der Waals surface area contributed by atoms with E-state index in [2.05, 4.69) is 92.7 Å². The Bertz CT molecular complexity index is 1750. The normalized spacial score (nSPS) is 18.2. The summed E-state index contributed by atoms with van der Waals surface area (Å²) in [5.74, 6) is 0.725. The largest absolute Gasteiger partial charge is 0.232 e. The zero-order chi connectivity index (χ0) is 24.8. The predicted octanol–water partition coefficient (Wildman–Crippen LogP) is 5.10. The summed E-state index contributed by atoms with van der Waals surface area (Å²) in [4.78, 5) is 0. The number of benzene rings is 4. The van der Waals surface area contributed by atoms with E-state index in [0.29, 0.717) is 5.92 Å². The molecule has 2 aliphatic rings. The third-order valence-electron chi connectivity index (χ3n) is 7.89. The first-order valence-electron chi connectivity index (χ1n) is 12.7. The maximum atomic E-state index is 11.2.